The molecular formula is C13H14N4S. The van der Waals surface area contributed by atoms with Gasteiger partial charge in [-0.1, -0.05) is 12.1 Å². The molecule has 5 heteroatoms. The molecule has 1 aromatic heterocycles. The lowest BCUT2D eigenvalue weighted by molar-refractivity contribution is 1.03. The molecule has 0 radical (unpaired) electrons. The molecule has 2 aromatic rings. The maximum absolute atomic E-state index is 9.08. The molecular weight excluding hydrogens is 244 g/mol. The second kappa shape index (κ2) is 5.17. The summed E-state index contributed by atoms with van der Waals surface area (Å²) >= 11 is 1.48. The summed E-state index contributed by atoms with van der Waals surface area (Å²) < 4.78 is 0. The van der Waals surface area contributed by atoms with Gasteiger partial charge < -0.3 is 10.6 Å². The Hall–Kier alpha value is -1.90. The van der Waals surface area contributed by atoms with Gasteiger partial charge in [0.15, 0.2) is 5.69 Å². The topological polar surface area (TPSA) is 65.9 Å². The van der Waals surface area contributed by atoms with Crippen molar-refractivity contribution in [1.29, 1.82) is 5.26 Å². The van der Waals surface area contributed by atoms with E-state index in [0.29, 0.717) is 12.2 Å². The Bertz CT molecular complexity index is 578. The first-order chi connectivity index (χ1) is 8.65. The van der Waals surface area contributed by atoms with E-state index in [9.17, 15) is 0 Å². The van der Waals surface area contributed by atoms with Crippen LogP contribution >= 0.6 is 11.3 Å². The number of hydrogen-bond donors (Lipinski definition) is 1. The Labute approximate surface area is 110 Å². The number of rotatable bonds is 3. The summed E-state index contributed by atoms with van der Waals surface area (Å²) in [6.07, 6.45) is 0. The first-order valence-corrected chi connectivity index (χ1v) is 6.35. The second-order valence-electron chi connectivity index (χ2n) is 4.04. The van der Waals surface area contributed by atoms with Crippen LogP contribution in [0.4, 0.5) is 5.69 Å². The molecule has 2 rings (SSSR count). The summed E-state index contributed by atoms with van der Waals surface area (Å²) in [5.41, 5.74) is 8.15. The Morgan fingerprint density at radius 3 is 2.50 bits per heavy atom. The predicted octanol–water partition coefficient (Wildman–Crippen LogP) is 2.21. The maximum atomic E-state index is 9.08. The van der Waals surface area contributed by atoms with Gasteiger partial charge in [0, 0.05) is 26.3 Å². The summed E-state index contributed by atoms with van der Waals surface area (Å²) in [5.74, 6) is 0. The van der Waals surface area contributed by atoms with Crippen LogP contribution in [-0.2, 0) is 6.54 Å². The van der Waals surface area contributed by atoms with E-state index in [4.69, 9.17) is 11.0 Å². The van der Waals surface area contributed by atoms with E-state index in [1.54, 1.807) is 0 Å². The van der Waals surface area contributed by atoms with Crippen molar-refractivity contribution in [3.05, 3.63) is 35.0 Å². The van der Waals surface area contributed by atoms with Crippen molar-refractivity contribution >= 4 is 17.0 Å². The SMILES string of the molecule is CN(C)c1ccc(-c2sc(CN)nc2C#N)cc1. The van der Waals surface area contributed by atoms with Crippen molar-refractivity contribution in [2.75, 3.05) is 19.0 Å². The van der Waals surface area contributed by atoms with Crippen LogP contribution in [0.15, 0.2) is 24.3 Å². The fraction of sp³-hybridized carbons (Fsp3) is 0.231. The van der Waals surface area contributed by atoms with E-state index in [1.807, 2.05) is 43.3 Å². The van der Waals surface area contributed by atoms with E-state index in [2.05, 4.69) is 11.1 Å². The molecule has 4 nitrogen and oxygen atoms in total. The normalized spacial score (nSPS) is 10.1. The lowest BCUT2D eigenvalue weighted by atomic mass is 10.1. The van der Waals surface area contributed by atoms with Crippen molar-refractivity contribution in [3.63, 3.8) is 0 Å². The number of nitrogens with zero attached hydrogens (tertiary/aromatic N) is 3. The minimum absolute atomic E-state index is 0.370. The lowest BCUT2D eigenvalue weighted by Crippen LogP contribution is -2.07. The van der Waals surface area contributed by atoms with Crippen LogP contribution in [0, 0.1) is 11.3 Å². The Kier molecular flexibility index (Phi) is 3.60. The molecule has 0 bridgehead atoms. The molecule has 0 spiro atoms. The molecule has 0 aliphatic rings. The summed E-state index contributed by atoms with van der Waals surface area (Å²) in [4.78, 5) is 7.13. The van der Waals surface area contributed by atoms with Gasteiger partial charge in [-0.15, -0.1) is 11.3 Å². The highest BCUT2D eigenvalue weighted by atomic mass is 32.1. The van der Waals surface area contributed by atoms with Gasteiger partial charge in [-0.3, -0.25) is 0 Å². The van der Waals surface area contributed by atoms with Crippen molar-refractivity contribution in [2.24, 2.45) is 5.73 Å². The molecule has 0 atom stereocenters. The zero-order chi connectivity index (χ0) is 13.1. The standard InChI is InChI=1S/C13H14N4S/c1-17(2)10-5-3-9(4-6-10)13-11(7-14)16-12(8-15)18-13/h3-6H,8,15H2,1-2H3. The highest BCUT2D eigenvalue weighted by Gasteiger charge is 2.12. The number of anilines is 1. The number of hydrogen-bond acceptors (Lipinski definition) is 5. The molecule has 1 aromatic carbocycles. The number of aromatic nitrogens is 1. The minimum Gasteiger partial charge on any atom is -0.378 e. The number of benzene rings is 1. The molecule has 0 unspecified atom stereocenters. The average molecular weight is 258 g/mol. The van der Waals surface area contributed by atoms with Crippen LogP contribution in [0.2, 0.25) is 0 Å². The van der Waals surface area contributed by atoms with E-state index < -0.39 is 0 Å². The van der Waals surface area contributed by atoms with Gasteiger partial charge in [0.1, 0.15) is 11.1 Å². The Morgan fingerprint density at radius 1 is 1.33 bits per heavy atom. The third-order valence-electron chi connectivity index (χ3n) is 2.60. The largest absolute Gasteiger partial charge is 0.378 e. The molecule has 0 saturated heterocycles. The summed E-state index contributed by atoms with van der Waals surface area (Å²) in [7, 11) is 3.99. The van der Waals surface area contributed by atoms with E-state index >= 15 is 0 Å². The van der Waals surface area contributed by atoms with Crippen LogP contribution < -0.4 is 10.6 Å². The first-order valence-electron chi connectivity index (χ1n) is 5.53. The molecule has 2 N–H and O–H groups in total. The summed E-state index contributed by atoms with van der Waals surface area (Å²) in [6.45, 7) is 0.370. The highest BCUT2D eigenvalue weighted by molar-refractivity contribution is 7.15. The zero-order valence-corrected chi connectivity index (χ0v) is 11.2. The lowest BCUT2D eigenvalue weighted by Gasteiger charge is -2.12. The molecule has 1 heterocycles. The highest BCUT2D eigenvalue weighted by Crippen LogP contribution is 2.31. The Morgan fingerprint density at radius 2 is 2.00 bits per heavy atom. The molecule has 0 saturated carbocycles. The van der Waals surface area contributed by atoms with Crippen molar-refractivity contribution in [3.8, 4) is 16.5 Å². The van der Waals surface area contributed by atoms with Gasteiger partial charge in [-0.05, 0) is 17.7 Å². The van der Waals surface area contributed by atoms with Crippen LogP contribution in [0.25, 0.3) is 10.4 Å². The van der Waals surface area contributed by atoms with Gasteiger partial charge in [0.05, 0.1) is 4.88 Å². The number of nitriles is 1. The first kappa shape index (κ1) is 12.6. The Balaban J connectivity index is 2.42. The fourth-order valence-corrected chi connectivity index (χ4v) is 2.53. The van der Waals surface area contributed by atoms with Gasteiger partial charge in [-0.2, -0.15) is 5.26 Å². The van der Waals surface area contributed by atoms with Gasteiger partial charge in [0.2, 0.25) is 0 Å². The van der Waals surface area contributed by atoms with Crippen LogP contribution in [0.1, 0.15) is 10.7 Å². The van der Waals surface area contributed by atoms with E-state index in [1.165, 1.54) is 11.3 Å². The third-order valence-corrected chi connectivity index (χ3v) is 3.72. The third kappa shape index (κ3) is 2.35. The monoisotopic (exact) mass is 258 g/mol. The smallest absolute Gasteiger partial charge is 0.159 e. The van der Waals surface area contributed by atoms with Crippen LogP contribution in [-0.4, -0.2) is 19.1 Å². The van der Waals surface area contributed by atoms with Crippen molar-refractivity contribution in [1.82, 2.24) is 4.98 Å². The molecule has 18 heavy (non-hydrogen) atoms. The van der Waals surface area contributed by atoms with E-state index in [-0.39, 0.29) is 0 Å². The van der Waals surface area contributed by atoms with E-state index in [0.717, 1.165) is 21.1 Å². The maximum Gasteiger partial charge on any atom is 0.159 e. The fourth-order valence-electron chi connectivity index (χ4n) is 1.63. The van der Waals surface area contributed by atoms with Gasteiger partial charge in [0.25, 0.3) is 0 Å². The van der Waals surface area contributed by atoms with Gasteiger partial charge in [-0.25, -0.2) is 4.98 Å². The number of thiazole rings is 1. The van der Waals surface area contributed by atoms with Crippen LogP contribution in [0.5, 0.6) is 0 Å². The molecule has 0 amide bonds. The predicted molar refractivity (Wildman–Crippen MR) is 74.5 cm³/mol. The summed E-state index contributed by atoms with van der Waals surface area (Å²) in [6, 6.07) is 10.2. The van der Waals surface area contributed by atoms with Gasteiger partial charge >= 0.3 is 0 Å². The molecule has 0 fully saturated rings. The quantitative estimate of drug-likeness (QED) is 0.916. The average Bonchev–Trinajstić information content (AvgIpc) is 2.82. The second-order valence-corrected chi connectivity index (χ2v) is 5.13. The molecule has 0 aliphatic carbocycles. The van der Waals surface area contributed by atoms with Crippen molar-refractivity contribution < 1.29 is 0 Å². The van der Waals surface area contributed by atoms with Crippen molar-refractivity contribution in [2.45, 2.75) is 6.54 Å². The summed E-state index contributed by atoms with van der Waals surface area (Å²) in [5, 5.41) is 9.87. The van der Waals surface area contributed by atoms with Crippen LogP contribution in [0.3, 0.4) is 0 Å². The minimum atomic E-state index is 0.370. The number of nitrogens with two attached hydrogens (primary N) is 1. The molecule has 92 valence electrons. The molecule has 0 aliphatic heterocycles. The zero-order valence-electron chi connectivity index (χ0n) is 10.3.